The monoisotopic (exact) mass is 423 g/mol. The predicted molar refractivity (Wildman–Crippen MR) is 118 cm³/mol. The van der Waals surface area contributed by atoms with Gasteiger partial charge in [0.25, 0.3) is 0 Å². The smallest absolute Gasteiger partial charge is 0.337 e. The quantitative estimate of drug-likeness (QED) is 0.526. The van der Waals surface area contributed by atoms with Crippen LogP contribution in [0, 0.1) is 0 Å². The molecule has 0 saturated heterocycles. The van der Waals surface area contributed by atoms with Gasteiger partial charge in [0.2, 0.25) is 10.0 Å². The molecule has 3 rings (SSSR count). The Morgan fingerprint density at radius 3 is 2.07 bits per heavy atom. The van der Waals surface area contributed by atoms with E-state index >= 15 is 0 Å². The summed E-state index contributed by atoms with van der Waals surface area (Å²) in [5.41, 5.74) is 3.16. The fourth-order valence-electron chi connectivity index (χ4n) is 3.43. The lowest BCUT2D eigenvalue weighted by atomic mass is 9.89. The Kier molecular flexibility index (Phi) is 7.38. The fourth-order valence-corrected chi connectivity index (χ4v) is 4.58. The number of carbonyl (C=O) groups excluding carboxylic acids is 1. The number of hydrogen-bond donors (Lipinski definition) is 1. The van der Waals surface area contributed by atoms with Crippen molar-refractivity contribution in [3.05, 3.63) is 107 Å². The summed E-state index contributed by atoms with van der Waals surface area (Å²) in [6.45, 7) is 0.313. The highest BCUT2D eigenvalue weighted by Gasteiger charge is 2.17. The van der Waals surface area contributed by atoms with Crippen molar-refractivity contribution in [2.24, 2.45) is 0 Å². The van der Waals surface area contributed by atoms with Gasteiger partial charge in [-0.1, -0.05) is 72.8 Å². The number of benzene rings is 3. The predicted octanol–water partition coefficient (Wildman–Crippen LogP) is 4.11. The summed E-state index contributed by atoms with van der Waals surface area (Å²) in [5.74, 6) is -0.590. The number of hydrogen-bond acceptors (Lipinski definition) is 4. The molecule has 6 heteroatoms. The highest BCUT2D eigenvalue weighted by atomic mass is 32.2. The Morgan fingerprint density at radius 1 is 0.900 bits per heavy atom. The first-order chi connectivity index (χ1) is 14.5. The topological polar surface area (TPSA) is 72.5 Å². The van der Waals surface area contributed by atoms with Gasteiger partial charge in [0, 0.05) is 12.5 Å². The van der Waals surface area contributed by atoms with Gasteiger partial charge in [0.15, 0.2) is 0 Å². The van der Waals surface area contributed by atoms with Crippen molar-refractivity contribution in [2.75, 3.05) is 13.7 Å². The van der Waals surface area contributed by atoms with E-state index in [4.69, 9.17) is 4.74 Å². The van der Waals surface area contributed by atoms with E-state index in [-0.39, 0.29) is 11.7 Å². The average Bonchev–Trinajstić information content (AvgIpc) is 2.77. The van der Waals surface area contributed by atoms with Gasteiger partial charge in [0.05, 0.1) is 18.4 Å². The van der Waals surface area contributed by atoms with Crippen molar-refractivity contribution in [3.8, 4) is 0 Å². The second-order valence-corrected chi connectivity index (χ2v) is 8.81. The number of sulfonamides is 1. The molecule has 0 bridgehead atoms. The van der Waals surface area contributed by atoms with Gasteiger partial charge in [-0.3, -0.25) is 0 Å². The zero-order valence-corrected chi connectivity index (χ0v) is 17.6. The molecule has 0 radical (unpaired) electrons. The molecule has 0 spiro atoms. The van der Waals surface area contributed by atoms with E-state index in [1.165, 1.54) is 7.11 Å². The van der Waals surface area contributed by atoms with Gasteiger partial charge < -0.3 is 4.74 Å². The van der Waals surface area contributed by atoms with E-state index in [2.05, 4.69) is 29.0 Å². The molecule has 1 N–H and O–H groups in total. The third-order valence-electron chi connectivity index (χ3n) is 4.86. The average molecular weight is 424 g/mol. The van der Waals surface area contributed by atoms with E-state index < -0.39 is 16.0 Å². The zero-order chi connectivity index (χ0) is 21.4. The Hall–Kier alpha value is -2.96. The molecular weight excluding hydrogens is 398 g/mol. The molecule has 0 aliphatic carbocycles. The standard InChI is InChI=1S/C24H25NO4S/c1-29-24(26)22-14-8-9-19(17-22)18-30(27,28)25-16-15-23(20-10-4-2-5-11-20)21-12-6-3-7-13-21/h2-14,17,23,25H,15-16,18H2,1H3. The number of rotatable bonds is 9. The summed E-state index contributed by atoms with van der Waals surface area (Å²) >= 11 is 0. The van der Waals surface area contributed by atoms with E-state index in [0.717, 1.165) is 11.1 Å². The van der Waals surface area contributed by atoms with Crippen molar-refractivity contribution < 1.29 is 17.9 Å². The van der Waals surface area contributed by atoms with Crippen LogP contribution in [0.4, 0.5) is 0 Å². The number of nitrogens with one attached hydrogen (secondary N) is 1. The summed E-state index contributed by atoms with van der Waals surface area (Å²) in [5, 5.41) is 0. The maximum atomic E-state index is 12.6. The minimum absolute atomic E-state index is 0.0951. The molecule has 0 unspecified atom stereocenters. The first kappa shape index (κ1) is 21.7. The molecule has 0 aliphatic heterocycles. The third-order valence-corrected chi connectivity index (χ3v) is 6.22. The summed E-state index contributed by atoms with van der Waals surface area (Å²) in [7, 11) is -2.25. The maximum Gasteiger partial charge on any atom is 0.337 e. The molecule has 0 fully saturated rings. The molecule has 3 aromatic carbocycles. The van der Waals surface area contributed by atoms with Crippen LogP contribution in [0.1, 0.15) is 39.4 Å². The van der Waals surface area contributed by atoms with E-state index in [0.29, 0.717) is 24.1 Å². The number of methoxy groups -OCH3 is 1. The normalized spacial score (nSPS) is 11.4. The molecule has 5 nitrogen and oxygen atoms in total. The zero-order valence-electron chi connectivity index (χ0n) is 16.8. The van der Waals surface area contributed by atoms with Gasteiger partial charge in [-0.05, 0) is 35.2 Å². The van der Waals surface area contributed by atoms with Crippen LogP contribution in [0.3, 0.4) is 0 Å². The van der Waals surface area contributed by atoms with Gasteiger partial charge in [-0.15, -0.1) is 0 Å². The summed E-state index contributed by atoms with van der Waals surface area (Å²) in [6, 6.07) is 26.6. The molecule has 0 aromatic heterocycles. The largest absolute Gasteiger partial charge is 0.465 e. The van der Waals surface area contributed by atoms with Crippen molar-refractivity contribution in [2.45, 2.75) is 18.1 Å². The highest BCUT2D eigenvalue weighted by Crippen LogP contribution is 2.27. The summed E-state index contributed by atoms with van der Waals surface area (Å²) in [4.78, 5) is 11.7. The number of esters is 1. The minimum atomic E-state index is -3.55. The van der Waals surface area contributed by atoms with E-state index in [1.807, 2.05) is 36.4 Å². The van der Waals surface area contributed by atoms with Crippen LogP contribution in [0.2, 0.25) is 0 Å². The Morgan fingerprint density at radius 2 is 1.50 bits per heavy atom. The number of ether oxygens (including phenoxy) is 1. The minimum Gasteiger partial charge on any atom is -0.465 e. The van der Waals surface area contributed by atoms with Gasteiger partial charge in [-0.25, -0.2) is 17.9 Å². The fraction of sp³-hybridized carbons (Fsp3) is 0.208. The van der Waals surface area contributed by atoms with Crippen molar-refractivity contribution in [3.63, 3.8) is 0 Å². The van der Waals surface area contributed by atoms with Crippen LogP contribution in [0.15, 0.2) is 84.9 Å². The van der Waals surface area contributed by atoms with Crippen molar-refractivity contribution >= 4 is 16.0 Å². The number of carbonyl (C=O) groups is 1. The van der Waals surface area contributed by atoms with E-state index in [9.17, 15) is 13.2 Å². The molecule has 0 atom stereocenters. The maximum absolute atomic E-state index is 12.6. The lowest BCUT2D eigenvalue weighted by Gasteiger charge is -2.18. The lowest BCUT2D eigenvalue weighted by Crippen LogP contribution is -2.27. The molecular formula is C24H25NO4S. The second kappa shape index (κ2) is 10.2. The SMILES string of the molecule is COC(=O)c1cccc(CS(=O)(=O)NCCC(c2ccccc2)c2ccccc2)c1. The van der Waals surface area contributed by atoms with Crippen LogP contribution < -0.4 is 4.72 Å². The van der Waals surface area contributed by atoms with Crippen LogP contribution in [-0.2, 0) is 20.5 Å². The first-order valence-corrected chi connectivity index (χ1v) is 11.4. The molecule has 0 saturated carbocycles. The molecule has 0 aliphatic rings. The van der Waals surface area contributed by atoms with Gasteiger partial charge >= 0.3 is 5.97 Å². The van der Waals surface area contributed by atoms with Gasteiger partial charge in [0.1, 0.15) is 0 Å². The van der Waals surface area contributed by atoms with Gasteiger partial charge in [-0.2, -0.15) is 0 Å². The lowest BCUT2D eigenvalue weighted by molar-refractivity contribution is 0.0600. The molecule has 3 aromatic rings. The Balaban J connectivity index is 1.66. The van der Waals surface area contributed by atoms with Crippen LogP contribution in [-0.4, -0.2) is 28.0 Å². The Bertz CT molecular complexity index is 1030. The van der Waals surface area contributed by atoms with E-state index in [1.54, 1.807) is 24.3 Å². The third kappa shape index (κ3) is 6.02. The summed E-state index contributed by atoms with van der Waals surface area (Å²) in [6.07, 6.45) is 0.634. The van der Waals surface area contributed by atoms with Crippen LogP contribution in [0.25, 0.3) is 0 Å². The molecule has 0 amide bonds. The van der Waals surface area contributed by atoms with Crippen molar-refractivity contribution in [1.82, 2.24) is 4.72 Å². The molecule has 156 valence electrons. The van der Waals surface area contributed by atoms with Crippen LogP contribution >= 0.6 is 0 Å². The first-order valence-electron chi connectivity index (χ1n) is 9.73. The molecule has 30 heavy (non-hydrogen) atoms. The summed E-state index contributed by atoms with van der Waals surface area (Å²) < 4.78 is 32.5. The Labute approximate surface area is 177 Å². The molecule has 0 heterocycles. The van der Waals surface area contributed by atoms with Crippen molar-refractivity contribution in [1.29, 1.82) is 0 Å². The highest BCUT2D eigenvalue weighted by molar-refractivity contribution is 7.88. The second-order valence-electron chi connectivity index (χ2n) is 7.01. The van der Waals surface area contributed by atoms with Crippen LogP contribution in [0.5, 0.6) is 0 Å².